The van der Waals surface area contributed by atoms with Crippen LogP contribution < -0.4 is 0 Å². The predicted molar refractivity (Wildman–Crippen MR) is 97.9 cm³/mol. The number of carbonyl (C=O) groups excluding carboxylic acids is 1. The Hall–Kier alpha value is -2.22. The second-order valence-electron chi connectivity index (χ2n) is 6.40. The molecule has 7 heteroatoms. The smallest absolute Gasteiger partial charge is 0.341 e. The van der Waals surface area contributed by atoms with Crippen molar-refractivity contribution in [1.82, 2.24) is 4.40 Å². The molecule has 0 bridgehead atoms. The number of fused-ring (bicyclic) bond motifs is 3. The van der Waals surface area contributed by atoms with Crippen LogP contribution in [-0.4, -0.2) is 52.7 Å². The van der Waals surface area contributed by atoms with Gasteiger partial charge in [0.2, 0.25) is 0 Å². The van der Waals surface area contributed by atoms with Crippen molar-refractivity contribution < 1.29 is 18.4 Å². The molecule has 0 fully saturated rings. The SMILES string of the molecule is CS(=O)c1ccc2c(C(=O)OCC[N+](C)(C)[O-])c3ccccn3c2c1. The van der Waals surface area contributed by atoms with E-state index in [0.717, 1.165) is 16.4 Å². The molecule has 0 aliphatic rings. The highest BCUT2D eigenvalue weighted by molar-refractivity contribution is 7.84. The summed E-state index contributed by atoms with van der Waals surface area (Å²) in [5.74, 6) is -0.461. The molecule has 1 aromatic carbocycles. The number of rotatable bonds is 5. The average Bonchev–Trinajstić information content (AvgIpc) is 2.87. The first-order valence-electron chi connectivity index (χ1n) is 7.85. The molecule has 3 rings (SSSR count). The maximum absolute atomic E-state index is 12.6. The number of hydrogen-bond donors (Lipinski definition) is 0. The maximum Gasteiger partial charge on any atom is 0.341 e. The van der Waals surface area contributed by atoms with Gasteiger partial charge in [-0.2, -0.15) is 0 Å². The largest absolute Gasteiger partial charge is 0.633 e. The summed E-state index contributed by atoms with van der Waals surface area (Å²) >= 11 is 0. The van der Waals surface area contributed by atoms with E-state index in [0.29, 0.717) is 10.5 Å². The van der Waals surface area contributed by atoms with Gasteiger partial charge in [0.25, 0.3) is 0 Å². The maximum atomic E-state index is 12.6. The second-order valence-corrected chi connectivity index (χ2v) is 7.78. The summed E-state index contributed by atoms with van der Waals surface area (Å²) in [6.07, 6.45) is 3.48. The summed E-state index contributed by atoms with van der Waals surface area (Å²) in [6, 6.07) is 10.9. The number of hydroxylamine groups is 3. The highest BCUT2D eigenvalue weighted by Crippen LogP contribution is 2.29. The zero-order valence-corrected chi connectivity index (χ0v) is 15.2. The third-order valence-electron chi connectivity index (χ3n) is 4.01. The number of likely N-dealkylation sites (N-methyl/N-ethyl adjacent to an activating group) is 1. The lowest BCUT2D eigenvalue weighted by Gasteiger charge is -2.33. The molecule has 0 saturated heterocycles. The summed E-state index contributed by atoms with van der Waals surface area (Å²) in [7, 11) is 1.90. The number of quaternary nitrogens is 1. The minimum atomic E-state index is -1.11. The molecular weight excluding hydrogens is 340 g/mol. The number of pyridine rings is 1. The third-order valence-corrected chi connectivity index (χ3v) is 4.93. The quantitative estimate of drug-likeness (QED) is 0.398. The van der Waals surface area contributed by atoms with Crippen LogP contribution in [0.3, 0.4) is 0 Å². The van der Waals surface area contributed by atoms with Gasteiger partial charge in [0, 0.05) is 33.5 Å². The first-order chi connectivity index (χ1) is 11.8. The van der Waals surface area contributed by atoms with Crippen molar-refractivity contribution in [1.29, 1.82) is 0 Å². The lowest BCUT2D eigenvalue weighted by molar-refractivity contribution is -0.840. The predicted octanol–water partition coefficient (Wildman–Crippen LogP) is 2.56. The number of hydrogen-bond acceptors (Lipinski definition) is 4. The van der Waals surface area contributed by atoms with Crippen LogP contribution in [0.1, 0.15) is 10.4 Å². The van der Waals surface area contributed by atoms with Crippen LogP contribution in [0.25, 0.3) is 16.4 Å². The molecular formula is C18H20N2O4S. The Morgan fingerprint density at radius 3 is 2.68 bits per heavy atom. The summed E-state index contributed by atoms with van der Waals surface area (Å²) < 4.78 is 18.5. The van der Waals surface area contributed by atoms with Gasteiger partial charge in [-0.3, -0.25) is 4.21 Å². The molecule has 1 unspecified atom stereocenters. The summed E-state index contributed by atoms with van der Waals surface area (Å²) in [4.78, 5) is 13.3. The average molecular weight is 360 g/mol. The van der Waals surface area contributed by atoms with Gasteiger partial charge >= 0.3 is 5.97 Å². The third kappa shape index (κ3) is 3.58. The fourth-order valence-corrected chi connectivity index (χ4v) is 3.28. The molecule has 3 aromatic rings. The minimum Gasteiger partial charge on any atom is -0.633 e. The van der Waals surface area contributed by atoms with E-state index in [1.165, 1.54) is 14.1 Å². The second kappa shape index (κ2) is 6.59. The van der Waals surface area contributed by atoms with Crippen LogP contribution in [0, 0.1) is 5.21 Å². The monoisotopic (exact) mass is 360 g/mol. The van der Waals surface area contributed by atoms with E-state index >= 15 is 0 Å². The number of ether oxygens (including phenoxy) is 1. The molecule has 0 amide bonds. The van der Waals surface area contributed by atoms with Gasteiger partial charge in [-0.05, 0) is 24.3 Å². The molecule has 0 spiro atoms. The van der Waals surface area contributed by atoms with E-state index in [1.807, 2.05) is 34.9 Å². The highest BCUT2D eigenvalue weighted by Gasteiger charge is 2.20. The number of aromatic nitrogens is 1. The van der Waals surface area contributed by atoms with Crippen molar-refractivity contribution >= 4 is 33.2 Å². The van der Waals surface area contributed by atoms with E-state index in [1.54, 1.807) is 18.4 Å². The number of carbonyl (C=O) groups is 1. The summed E-state index contributed by atoms with van der Waals surface area (Å²) in [5, 5.41) is 12.3. The van der Waals surface area contributed by atoms with Crippen molar-refractivity contribution in [2.24, 2.45) is 0 Å². The summed E-state index contributed by atoms with van der Waals surface area (Å²) in [6.45, 7) is 0.243. The molecule has 0 aliphatic carbocycles. The van der Waals surface area contributed by atoms with E-state index in [9.17, 15) is 14.2 Å². The van der Waals surface area contributed by atoms with Crippen LogP contribution in [-0.2, 0) is 15.5 Å². The molecule has 2 heterocycles. The first-order valence-corrected chi connectivity index (χ1v) is 9.41. The van der Waals surface area contributed by atoms with Crippen molar-refractivity contribution in [3.63, 3.8) is 0 Å². The van der Waals surface area contributed by atoms with Gasteiger partial charge < -0.3 is 19.0 Å². The zero-order valence-electron chi connectivity index (χ0n) is 14.4. The normalized spacial score (nSPS) is 13.3. The van der Waals surface area contributed by atoms with E-state index in [4.69, 9.17) is 4.74 Å². The van der Waals surface area contributed by atoms with Crippen LogP contribution in [0.2, 0.25) is 0 Å². The number of esters is 1. The number of nitrogens with zero attached hydrogens (tertiary/aromatic N) is 2. The van der Waals surface area contributed by atoms with Gasteiger partial charge in [0.15, 0.2) is 0 Å². The summed E-state index contributed by atoms with van der Waals surface area (Å²) in [5.41, 5.74) is 1.98. The van der Waals surface area contributed by atoms with Gasteiger partial charge in [-0.15, -0.1) is 0 Å². The fourth-order valence-electron chi connectivity index (χ4n) is 2.74. The Morgan fingerprint density at radius 1 is 1.24 bits per heavy atom. The number of benzene rings is 1. The minimum absolute atomic E-state index is 0.0536. The Morgan fingerprint density at radius 2 is 2.00 bits per heavy atom. The lowest BCUT2D eigenvalue weighted by atomic mass is 10.1. The highest BCUT2D eigenvalue weighted by atomic mass is 32.2. The Bertz CT molecular complexity index is 972. The van der Waals surface area contributed by atoms with Crippen molar-refractivity contribution in [3.8, 4) is 0 Å². The van der Waals surface area contributed by atoms with Crippen LogP contribution in [0.5, 0.6) is 0 Å². The molecule has 0 aliphatic heterocycles. The standard InChI is InChI=1S/C18H20N2O4S/c1-20(2,22)10-11-24-18(21)17-14-8-7-13(25(3)23)12-16(14)19-9-5-4-6-15(17)19/h4-9,12H,10-11H2,1-3H3. The van der Waals surface area contributed by atoms with Gasteiger partial charge in [0.05, 0.1) is 30.7 Å². The molecule has 6 nitrogen and oxygen atoms in total. The van der Waals surface area contributed by atoms with Crippen LogP contribution in [0.4, 0.5) is 0 Å². The van der Waals surface area contributed by atoms with Gasteiger partial charge in [-0.25, -0.2) is 4.79 Å². The van der Waals surface area contributed by atoms with Gasteiger partial charge in [0.1, 0.15) is 13.2 Å². The Balaban J connectivity index is 2.07. The van der Waals surface area contributed by atoms with E-state index < -0.39 is 21.4 Å². The van der Waals surface area contributed by atoms with Crippen LogP contribution in [0.15, 0.2) is 47.5 Å². The molecule has 1 atom stereocenters. The topological polar surface area (TPSA) is 70.8 Å². The molecule has 132 valence electrons. The fraction of sp³-hybridized carbons (Fsp3) is 0.278. The molecule has 0 radical (unpaired) electrons. The Kier molecular flexibility index (Phi) is 4.64. The Labute approximate surface area is 148 Å². The lowest BCUT2D eigenvalue weighted by Crippen LogP contribution is -2.36. The molecule has 0 N–H and O–H groups in total. The van der Waals surface area contributed by atoms with E-state index in [-0.39, 0.29) is 13.2 Å². The molecule has 2 aromatic heterocycles. The first kappa shape index (κ1) is 17.6. The molecule has 0 saturated carbocycles. The van der Waals surface area contributed by atoms with E-state index in [2.05, 4.69) is 0 Å². The zero-order chi connectivity index (χ0) is 18.2. The van der Waals surface area contributed by atoms with Gasteiger partial charge in [-0.1, -0.05) is 12.1 Å². The van der Waals surface area contributed by atoms with Crippen molar-refractivity contribution in [3.05, 3.63) is 53.4 Å². The van der Waals surface area contributed by atoms with Crippen molar-refractivity contribution in [2.45, 2.75) is 4.90 Å². The molecule has 25 heavy (non-hydrogen) atoms. The van der Waals surface area contributed by atoms with Crippen molar-refractivity contribution in [2.75, 3.05) is 33.5 Å². The van der Waals surface area contributed by atoms with Crippen LogP contribution >= 0.6 is 0 Å².